The zero-order valence-corrected chi connectivity index (χ0v) is 9.24. The van der Waals surface area contributed by atoms with Crippen molar-refractivity contribution in [2.24, 2.45) is 11.7 Å². The van der Waals surface area contributed by atoms with Crippen molar-refractivity contribution in [2.45, 2.75) is 18.4 Å². The molecule has 1 saturated carbocycles. The van der Waals surface area contributed by atoms with Gasteiger partial charge in [0.15, 0.2) is 0 Å². The van der Waals surface area contributed by atoms with Crippen molar-refractivity contribution in [3.05, 3.63) is 35.4 Å². The highest BCUT2D eigenvalue weighted by Gasteiger charge is 2.59. The molecule has 1 aromatic rings. The van der Waals surface area contributed by atoms with Gasteiger partial charge in [0.2, 0.25) is 0 Å². The predicted octanol–water partition coefficient (Wildman–Crippen LogP) is 1.35. The molecule has 2 fully saturated rings. The number of hydrogen-bond donors (Lipinski definition) is 1. The Morgan fingerprint density at radius 1 is 1.53 bits per heavy atom. The minimum absolute atomic E-state index is 0.486. The predicted molar refractivity (Wildman–Crippen MR) is 61.6 cm³/mol. The fourth-order valence-corrected chi connectivity index (χ4v) is 3.19. The molecule has 2 atom stereocenters. The first kappa shape index (κ1) is 9.37. The van der Waals surface area contributed by atoms with Crippen molar-refractivity contribution in [3.63, 3.8) is 0 Å². The van der Waals surface area contributed by atoms with E-state index in [0.29, 0.717) is 12.0 Å². The van der Waals surface area contributed by atoms with Gasteiger partial charge in [-0.3, -0.25) is 0 Å². The van der Waals surface area contributed by atoms with Gasteiger partial charge in [0.05, 0.1) is 0 Å². The minimum atomic E-state index is 0.486. The highest BCUT2D eigenvalue weighted by molar-refractivity contribution is 5.39. The average molecular weight is 202 g/mol. The molecule has 80 valence electrons. The van der Waals surface area contributed by atoms with E-state index in [1.165, 1.54) is 30.6 Å². The number of likely N-dealkylation sites (tertiary alicyclic amines) is 1. The summed E-state index contributed by atoms with van der Waals surface area (Å²) in [5, 5.41) is 0. The van der Waals surface area contributed by atoms with Crippen LogP contribution in [0.5, 0.6) is 0 Å². The summed E-state index contributed by atoms with van der Waals surface area (Å²) < 4.78 is 0. The summed E-state index contributed by atoms with van der Waals surface area (Å²) in [4.78, 5) is 2.45. The lowest BCUT2D eigenvalue weighted by Crippen LogP contribution is -2.22. The molecule has 3 rings (SSSR count). The number of likely N-dealkylation sites (N-methyl/N-ethyl adjacent to an activating group) is 1. The zero-order chi connectivity index (χ0) is 10.5. The van der Waals surface area contributed by atoms with Gasteiger partial charge in [0.25, 0.3) is 0 Å². The van der Waals surface area contributed by atoms with Crippen molar-refractivity contribution in [3.8, 4) is 0 Å². The van der Waals surface area contributed by atoms with E-state index in [1.54, 1.807) is 0 Å². The standard InChI is InChI=1S/C13H18N2/c1-15-8-12-6-13(12,9-15)11-4-2-3-10(5-11)7-14/h2-5,12H,6-9,14H2,1H3. The minimum Gasteiger partial charge on any atom is -0.326 e. The fourth-order valence-electron chi connectivity index (χ4n) is 3.19. The van der Waals surface area contributed by atoms with Crippen molar-refractivity contribution in [2.75, 3.05) is 20.1 Å². The Kier molecular flexibility index (Phi) is 1.91. The maximum Gasteiger partial charge on any atom is 0.0178 e. The van der Waals surface area contributed by atoms with Gasteiger partial charge in [-0.15, -0.1) is 0 Å². The highest BCUT2D eigenvalue weighted by Crippen LogP contribution is 2.58. The van der Waals surface area contributed by atoms with E-state index in [2.05, 4.69) is 36.2 Å². The molecule has 0 spiro atoms. The molecule has 2 nitrogen and oxygen atoms in total. The second kappa shape index (κ2) is 3.06. The summed E-state index contributed by atoms with van der Waals surface area (Å²) in [5.41, 5.74) is 8.96. The van der Waals surface area contributed by atoms with Crippen LogP contribution < -0.4 is 5.73 Å². The van der Waals surface area contributed by atoms with E-state index in [4.69, 9.17) is 5.73 Å². The highest BCUT2D eigenvalue weighted by atomic mass is 15.2. The molecule has 1 aliphatic heterocycles. The third-order valence-corrected chi connectivity index (χ3v) is 4.05. The van der Waals surface area contributed by atoms with Gasteiger partial charge in [-0.05, 0) is 30.5 Å². The van der Waals surface area contributed by atoms with E-state index in [1.807, 2.05) is 0 Å². The van der Waals surface area contributed by atoms with Crippen molar-refractivity contribution >= 4 is 0 Å². The molecule has 1 heterocycles. The lowest BCUT2D eigenvalue weighted by atomic mass is 9.93. The van der Waals surface area contributed by atoms with Crippen LogP contribution >= 0.6 is 0 Å². The number of nitrogens with zero attached hydrogens (tertiary/aromatic N) is 1. The van der Waals surface area contributed by atoms with Gasteiger partial charge < -0.3 is 10.6 Å². The molecule has 0 aromatic heterocycles. The third-order valence-electron chi connectivity index (χ3n) is 4.05. The first-order valence-corrected chi connectivity index (χ1v) is 5.73. The first-order chi connectivity index (χ1) is 7.24. The molecule has 15 heavy (non-hydrogen) atoms. The topological polar surface area (TPSA) is 29.3 Å². The Morgan fingerprint density at radius 3 is 3.07 bits per heavy atom. The molecule has 1 saturated heterocycles. The van der Waals surface area contributed by atoms with Crippen LogP contribution in [0.2, 0.25) is 0 Å². The molecule has 2 heteroatoms. The first-order valence-electron chi connectivity index (χ1n) is 5.73. The summed E-state index contributed by atoms with van der Waals surface area (Å²) >= 11 is 0. The molecule has 1 aliphatic carbocycles. The van der Waals surface area contributed by atoms with Crippen molar-refractivity contribution in [1.82, 2.24) is 4.90 Å². The Morgan fingerprint density at radius 2 is 2.40 bits per heavy atom. The monoisotopic (exact) mass is 202 g/mol. The van der Waals surface area contributed by atoms with Gasteiger partial charge in [-0.1, -0.05) is 24.3 Å². The van der Waals surface area contributed by atoms with Crippen LogP contribution in [0.3, 0.4) is 0 Å². The smallest absolute Gasteiger partial charge is 0.0178 e. The second-order valence-corrected chi connectivity index (χ2v) is 5.16. The van der Waals surface area contributed by atoms with E-state index in [-0.39, 0.29) is 0 Å². The molecule has 2 N–H and O–H groups in total. The number of hydrogen-bond acceptors (Lipinski definition) is 2. The summed E-state index contributed by atoms with van der Waals surface area (Å²) in [5.74, 6) is 0.899. The third kappa shape index (κ3) is 1.32. The molecular weight excluding hydrogens is 184 g/mol. The second-order valence-electron chi connectivity index (χ2n) is 5.16. The van der Waals surface area contributed by atoms with E-state index in [9.17, 15) is 0 Å². The molecular formula is C13H18N2. The zero-order valence-electron chi connectivity index (χ0n) is 9.24. The molecule has 0 bridgehead atoms. The molecule has 2 unspecified atom stereocenters. The van der Waals surface area contributed by atoms with E-state index < -0.39 is 0 Å². The van der Waals surface area contributed by atoms with Crippen molar-refractivity contribution in [1.29, 1.82) is 0 Å². The van der Waals surface area contributed by atoms with E-state index in [0.717, 1.165) is 5.92 Å². The molecule has 2 aliphatic rings. The Balaban J connectivity index is 1.93. The van der Waals surface area contributed by atoms with Crippen LogP contribution in [0.25, 0.3) is 0 Å². The summed E-state index contributed by atoms with van der Waals surface area (Å²) in [6.45, 7) is 3.16. The van der Waals surface area contributed by atoms with Crippen LogP contribution in [0.1, 0.15) is 17.5 Å². The normalized spacial score (nSPS) is 34.1. The quantitative estimate of drug-likeness (QED) is 0.784. The van der Waals surface area contributed by atoms with Gasteiger partial charge >= 0.3 is 0 Å². The number of benzene rings is 1. The number of fused-ring (bicyclic) bond motifs is 1. The van der Waals surface area contributed by atoms with Gasteiger partial charge in [0, 0.05) is 25.0 Å². The maximum absolute atomic E-state index is 5.69. The molecule has 1 aromatic carbocycles. The van der Waals surface area contributed by atoms with Crippen LogP contribution in [0, 0.1) is 5.92 Å². The number of piperidine rings is 1. The maximum atomic E-state index is 5.69. The van der Waals surface area contributed by atoms with Crippen LogP contribution in [0.4, 0.5) is 0 Å². The lowest BCUT2D eigenvalue weighted by Gasteiger charge is -2.17. The van der Waals surface area contributed by atoms with Gasteiger partial charge in [-0.2, -0.15) is 0 Å². The van der Waals surface area contributed by atoms with E-state index >= 15 is 0 Å². The lowest BCUT2D eigenvalue weighted by molar-refractivity contribution is 0.363. The fraction of sp³-hybridized carbons (Fsp3) is 0.538. The summed E-state index contributed by atoms with van der Waals surface area (Å²) in [6.07, 6.45) is 1.38. The Bertz CT molecular complexity index is 388. The van der Waals surface area contributed by atoms with Crippen LogP contribution in [-0.2, 0) is 12.0 Å². The van der Waals surface area contributed by atoms with Crippen LogP contribution in [0.15, 0.2) is 24.3 Å². The van der Waals surface area contributed by atoms with Crippen LogP contribution in [-0.4, -0.2) is 25.0 Å². The molecule has 0 amide bonds. The van der Waals surface area contributed by atoms with Crippen molar-refractivity contribution < 1.29 is 0 Å². The Labute approximate surface area is 91.1 Å². The SMILES string of the molecule is CN1CC2CC2(c2cccc(CN)c2)C1. The number of rotatable bonds is 2. The van der Waals surface area contributed by atoms with Gasteiger partial charge in [0.1, 0.15) is 0 Å². The summed E-state index contributed by atoms with van der Waals surface area (Å²) in [7, 11) is 2.22. The number of nitrogens with two attached hydrogens (primary N) is 1. The largest absolute Gasteiger partial charge is 0.326 e. The Hall–Kier alpha value is -0.860. The molecule has 0 radical (unpaired) electrons. The van der Waals surface area contributed by atoms with Gasteiger partial charge in [-0.25, -0.2) is 0 Å². The summed E-state index contributed by atoms with van der Waals surface area (Å²) in [6, 6.07) is 8.85. The average Bonchev–Trinajstić information content (AvgIpc) is 2.83.